The van der Waals surface area contributed by atoms with Crippen molar-refractivity contribution in [2.24, 2.45) is 0 Å². The minimum Gasteiger partial charge on any atom is -0.376 e. The average molecular weight is 310 g/mol. The zero-order chi connectivity index (χ0) is 15.6. The molecule has 0 aliphatic carbocycles. The number of benzene rings is 1. The lowest BCUT2D eigenvalue weighted by molar-refractivity contribution is 0.503. The zero-order valence-electron chi connectivity index (χ0n) is 12.1. The number of nitrogens with one attached hydrogen (secondary N) is 1. The van der Waals surface area contributed by atoms with Crippen molar-refractivity contribution in [3.8, 4) is 0 Å². The van der Waals surface area contributed by atoms with Crippen molar-refractivity contribution in [1.82, 2.24) is 9.78 Å². The first-order valence-electron chi connectivity index (χ1n) is 6.69. The molecule has 0 fully saturated rings. The fourth-order valence-corrected chi connectivity index (χ4v) is 2.20. The van der Waals surface area contributed by atoms with Crippen molar-refractivity contribution in [2.45, 2.75) is 32.9 Å². The van der Waals surface area contributed by atoms with Gasteiger partial charge in [0.25, 0.3) is 5.56 Å². The molecule has 0 amide bonds. The standard InChI is InChI=1S/C15H17ClFN3O/c1-9(2)20-15(21)14(16)13(8-18-20)19-10(3)11-5-4-6-12(17)7-11/h4-10,19H,1-3H3. The largest absolute Gasteiger partial charge is 0.376 e. The van der Waals surface area contributed by atoms with Crippen molar-refractivity contribution in [1.29, 1.82) is 0 Å². The third-order valence-corrected chi connectivity index (χ3v) is 3.52. The van der Waals surface area contributed by atoms with Gasteiger partial charge in [-0.2, -0.15) is 5.10 Å². The van der Waals surface area contributed by atoms with Gasteiger partial charge in [0.1, 0.15) is 10.8 Å². The zero-order valence-corrected chi connectivity index (χ0v) is 12.9. The Hall–Kier alpha value is -1.88. The van der Waals surface area contributed by atoms with Crippen LogP contribution in [0.2, 0.25) is 5.02 Å². The molecular weight excluding hydrogens is 293 g/mol. The normalized spacial score (nSPS) is 12.5. The molecule has 1 atom stereocenters. The van der Waals surface area contributed by atoms with Gasteiger partial charge in [0.2, 0.25) is 0 Å². The predicted octanol–water partition coefficient (Wildman–Crippen LogP) is 3.79. The van der Waals surface area contributed by atoms with Gasteiger partial charge in [-0.05, 0) is 38.5 Å². The van der Waals surface area contributed by atoms with Gasteiger partial charge in [0, 0.05) is 6.04 Å². The first-order chi connectivity index (χ1) is 9.90. The van der Waals surface area contributed by atoms with Crippen LogP contribution in [0.4, 0.5) is 10.1 Å². The highest BCUT2D eigenvalue weighted by molar-refractivity contribution is 6.32. The van der Waals surface area contributed by atoms with Crippen LogP contribution in [0.3, 0.4) is 0 Å². The molecule has 0 aliphatic heterocycles. The number of rotatable bonds is 4. The van der Waals surface area contributed by atoms with Crippen LogP contribution >= 0.6 is 11.6 Å². The lowest BCUT2D eigenvalue weighted by atomic mass is 10.1. The van der Waals surface area contributed by atoms with Crippen LogP contribution in [-0.2, 0) is 0 Å². The molecule has 0 saturated carbocycles. The molecule has 0 bridgehead atoms. The van der Waals surface area contributed by atoms with Gasteiger partial charge in [0.15, 0.2) is 0 Å². The van der Waals surface area contributed by atoms with E-state index in [4.69, 9.17) is 11.6 Å². The van der Waals surface area contributed by atoms with Crippen LogP contribution in [0.15, 0.2) is 35.3 Å². The third kappa shape index (κ3) is 3.42. The maximum Gasteiger partial charge on any atom is 0.287 e. The monoisotopic (exact) mass is 309 g/mol. The molecule has 0 aliphatic rings. The van der Waals surface area contributed by atoms with E-state index in [1.54, 1.807) is 12.1 Å². The molecule has 112 valence electrons. The summed E-state index contributed by atoms with van der Waals surface area (Å²) in [6, 6.07) is 6.00. The van der Waals surface area contributed by atoms with Gasteiger partial charge in [-0.25, -0.2) is 9.07 Å². The molecule has 6 heteroatoms. The lowest BCUT2D eigenvalue weighted by Crippen LogP contribution is -2.26. The third-order valence-electron chi connectivity index (χ3n) is 3.15. The van der Waals surface area contributed by atoms with E-state index < -0.39 is 0 Å². The van der Waals surface area contributed by atoms with Gasteiger partial charge in [0.05, 0.1) is 17.9 Å². The van der Waals surface area contributed by atoms with Crippen LogP contribution in [0, 0.1) is 5.82 Å². The molecule has 0 radical (unpaired) electrons. The van der Waals surface area contributed by atoms with Gasteiger partial charge in [-0.15, -0.1) is 0 Å². The molecule has 1 heterocycles. The quantitative estimate of drug-likeness (QED) is 0.934. The van der Waals surface area contributed by atoms with E-state index in [1.807, 2.05) is 20.8 Å². The first kappa shape index (κ1) is 15.5. The van der Waals surface area contributed by atoms with E-state index in [0.29, 0.717) is 5.69 Å². The summed E-state index contributed by atoms with van der Waals surface area (Å²) in [7, 11) is 0. The summed E-state index contributed by atoms with van der Waals surface area (Å²) >= 11 is 6.10. The number of anilines is 1. The molecule has 1 unspecified atom stereocenters. The molecule has 21 heavy (non-hydrogen) atoms. The molecule has 1 aromatic heterocycles. The summed E-state index contributed by atoms with van der Waals surface area (Å²) in [5.41, 5.74) is 0.859. The van der Waals surface area contributed by atoms with Crippen molar-refractivity contribution < 1.29 is 4.39 Å². The van der Waals surface area contributed by atoms with Gasteiger partial charge in [-0.3, -0.25) is 4.79 Å². The van der Waals surface area contributed by atoms with Crippen LogP contribution in [0.1, 0.15) is 38.4 Å². The second-order valence-electron chi connectivity index (χ2n) is 5.14. The van der Waals surface area contributed by atoms with E-state index in [0.717, 1.165) is 5.56 Å². The Morgan fingerprint density at radius 1 is 1.33 bits per heavy atom. The SMILES string of the molecule is CC(Nc1cnn(C(C)C)c(=O)c1Cl)c1cccc(F)c1. The molecule has 4 nitrogen and oxygen atoms in total. The Bertz CT molecular complexity index is 700. The van der Waals surface area contributed by atoms with Gasteiger partial charge in [-0.1, -0.05) is 23.7 Å². The summed E-state index contributed by atoms with van der Waals surface area (Å²) in [4.78, 5) is 12.1. The van der Waals surface area contributed by atoms with E-state index in [2.05, 4.69) is 10.4 Å². The minimum atomic E-state index is -0.344. The fourth-order valence-electron chi connectivity index (χ4n) is 2.01. The molecule has 0 spiro atoms. The van der Waals surface area contributed by atoms with E-state index in [9.17, 15) is 9.18 Å². The summed E-state index contributed by atoms with van der Waals surface area (Å²) < 4.78 is 14.6. The van der Waals surface area contributed by atoms with E-state index in [-0.39, 0.29) is 28.5 Å². The van der Waals surface area contributed by atoms with Crippen molar-refractivity contribution in [3.05, 3.63) is 57.2 Å². The molecule has 1 aromatic carbocycles. The second-order valence-corrected chi connectivity index (χ2v) is 5.51. The molecule has 2 rings (SSSR count). The van der Waals surface area contributed by atoms with Crippen molar-refractivity contribution >= 4 is 17.3 Å². The Labute approximate surface area is 127 Å². The summed E-state index contributed by atoms with van der Waals surface area (Å²) in [6.45, 7) is 5.57. The Kier molecular flexibility index (Phi) is 4.63. The predicted molar refractivity (Wildman–Crippen MR) is 82.3 cm³/mol. The van der Waals surface area contributed by atoms with Crippen LogP contribution in [0.25, 0.3) is 0 Å². The van der Waals surface area contributed by atoms with Crippen LogP contribution in [-0.4, -0.2) is 9.78 Å². The maximum atomic E-state index is 13.2. The van der Waals surface area contributed by atoms with Crippen molar-refractivity contribution in [3.63, 3.8) is 0 Å². The van der Waals surface area contributed by atoms with Crippen LogP contribution < -0.4 is 10.9 Å². The molecule has 2 aromatic rings. The lowest BCUT2D eigenvalue weighted by Gasteiger charge is -2.17. The van der Waals surface area contributed by atoms with Crippen LogP contribution in [0.5, 0.6) is 0 Å². The minimum absolute atomic E-state index is 0.0651. The first-order valence-corrected chi connectivity index (χ1v) is 7.07. The van der Waals surface area contributed by atoms with Crippen molar-refractivity contribution in [2.75, 3.05) is 5.32 Å². The summed E-state index contributed by atoms with van der Waals surface area (Å²) in [5, 5.41) is 7.26. The number of hydrogen-bond acceptors (Lipinski definition) is 3. The van der Waals surface area contributed by atoms with E-state index in [1.165, 1.54) is 23.0 Å². The average Bonchev–Trinajstić information content (AvgIpc) is 2.43. The number of nitrogens with zero attached hydrogens (tertiary/aromatic N) is 2. The smallest absolute Gasteiger partial charge is 0.287 e. The second kappa shape index (κ2) is 6.26. The van der Waals surface area contributed by atoms with E-state index >= 15 is 0 Å². The molecule has 1 N–H and O–H groups in total. The highest BCUT2D eigenvalue weighted by atomic mass is 35.5. The maximum absolute atomic E-state index is 13.2. The summed E-state index contributed by atoms with van der Waals surface area (Å²) in [5.74, 6) is -0.305. The molecule has 0 saturated heterocycles. The Balaban J connectivity index is 2.28. The fraction of sp³-hybridized carbons (Fsp3) is 0.333. The summed E-state index contributed by atoms with van der Waals surface area (Å²) in [6.07, 6.45) is 1.51. The Morgan fingerprint density at radius 2 is 2.05 bits per heavy atom. The van der Waals surface area contributed by atoms with Gasteiger partial charge >= 0.3 is 0 Å². The van der Waals surface area contributed by atoms with Gasteiger partial charge < -0.3 is 5.32 Å². The molecular formula is C15H17ClFN3O. The number of aromatic nitrogens is 2. The topological polar surface area (TPSA) is 46.9 Å². The number of halogens is 2. The number of hydrogen-bond donors (Lipinski definition) is 1. The highest BCUT2D eigenvalue weighted by Gasteiger charge is 2.14. The Morgan fingerprint density at radius 3 is 2.67 bits per heavy atom. The highest BCUT2D eigenvalue weighted by Crippen LogP contribution is 2.23.